The predicted octanol–water partition coefficient (Wildman–Crippen LogP) is 3.60. The van der Waals surface area contributed by atoms with E-state index >= 15 is 0 Å². The molecule has 0 aromatic heterocycles. The number of hydrogen-bond donors (Lipinski definition) is 1. The quantitative estimate of drug-likeness (QED) is 0.390. The summed E-state index contributed by atoms with van der Waals surface area (Å²) in [5, 5.41) is 3.49. The van der Waals surface area contributed by atoms with Crippen LogP contribution in [0.5, 0.6) is 11.5 Å². The Balaban J connectivity index is 1.28. The minimum absolute atomic E-state index is 0.0252. The lowest BCUT2D eigenvalue weighted by Crippen LogP contribution is -2.51. The lowest BCUT2D eigenvalue weighted by Gasteiger charge is -2.39. The van der Waals surface area contributed by atoms with E-state index in [4.69, 9.17) is 23.7 Å². The first-order valence-corrected chi connectivity index (χ1v) is 15.0. The van der Waals surface area contributed by atoms with E-state index in [2.05, 4.69) is 40.5 Å². The summed E-state index contributed by atoms with van der Waals surface area (Å²) in [6.07, 6.45) is 3.98. The van der Waals surface area contributed by atoms with Crippen LogP contribution in [0.3, 0.4) is 0 Å². The summed E-state index contributed by atoms with van der Waals surface area (Å²) >= 11 is 0. The van der Waals surface area contributed by atoms with Crippen molar-refractivity contribution < 1.29 is 28.5 Å². The number of amides is 1. The van der Waals surface area contributed by atoms with E-state index in [0.717, 1.165) is 80.4 Å². The van der Waals surface area contributed by atoms with Crippen LogP contribution in [0.1, 0.15) is 42.7 Å². The molecule has 9 heteroatoms. The monoisotopic (exact) mass is 567 g/mol. The molecule has 2 aromatic carbocycles. The molecule has 2 saturated heterocycles. The molecule has 3 aliphatic rings. The van der Waals surface area contributed by atoms with E-state index in [1.54, 1.807) is 14.2 Å². The van der Waals surface area contributed by atoms with E-state index in [9.17, 15) is 4.79 Å². The summed E-state index contributed by atoms with van der Waals surface area (Å²) in [4.78, 5) is 17.2. The Kier molecular flexibility index (Phi) is 10.7. The maximum atomic E-state index is 12.9. The molecule has 41 heavy (non-hydrogen) atoms. The zero-order valence-electron chi connectivity index (χ0n) is 24.5. The van der Waals surface area contributed by atoms with Gasteiger partial charge in [0.1, 0.15) is 24.7 Å². The van der Waals surface area contributed by atoms with Gasteiger partial charge in [-0.1, -0.05) is 18.2 Å². The first kappa shape index (κ1) is 29.6. The number of benzene rings is 2. The molecule has 0 aliphatic carbocycles. The van der Waals surface area contributed by atoms with Crippen LogP contribution < -0.4 is 19.7 Å². The number of rotatable bonds is 12. The third-order valence-corrected chi connectivity index (χ3v) is 8.35. The van der Waals surface area contributed by atoms with Crippen LogP contribution in [0.2, 0.25) is 0 Å². The number of piperidine rings is 2. The topological polar surface area (TPSA) is 81.7 Å². The van der Waals surface area contributed by atoms with Crippen LogP contribution in [-0.2, 0) is 25.6 Å². The Morgan fingerprint density at radius 1 is 0.976 bits per heavy atom. The highest BCUT2D eigenvalue weighted by Gasteiger charge is 2.37. The van der Waals surface area contributed by atoms with Gasteiger partial charge in [-0.15, -0.1) is 0 Å². The normalized spacial score (nSPS) is 22.6. The molecular weight excluding hydrogens is 522 g/mol. The number of carbonyl (C=O) groups excluding carboxylic acids is 1. The summed E-state index contributed by atoms with van der Waals surface area (Å²) in [5.74, 6) is 1.78. The largest absolute Gasteiger partial charge is 0.497 e. The number of ether oxygens (including phenoxy) is 5. The molecule has 3 aliphatic heterocycles. The Morgan fingerprint density at radius 2 is 1.76 bits per heavy atom. The van der Waals surface area contributed by atoms with Crippen LogP contribution in [0, 0.1) is 0 Å². The van der Waals surface area contributed by atoms with E-state index < -0.39 is 0 Å². The van der Waals surface area contributed by atoms with Gasteiger partial charge >= 0.3 is 0 Å². The van der Waals surface area contributed by atoms with Crippen molar-refractivity contribution in [3.8, 4) is 11.5 Å². The van der Waals surface area contributed by atoms with Gasteiger partial charge in [0.25, 0.3) is 0 Å². The van der Waals surface area contributed by atoms with E-state index in [-0.39, 0.29) is 30.6 Å². The molecule has 5 rings (SSSR count). The summed E-state index contributed by atoms with van der Waals surface area (Å²) < 4.78 is 29.5. The fourth-order valence-electron chi connectivity index (χ4n) is 6.10. The molecule has 0 saturated carbocycles. The first-order chi connectivity index (χ1) is 20.2. The second-order valence-corrected chi connectivity index (χ2v) is 11.1. The fourth-order valence-corrected chi connectivity index (χ4v) is 6.10. The molecule has 0 radical (unpaired) electrons. The van der Waals surface area contributed by atoms with E-state index in [1.807, 2.05) is 17.0 Å². The van der Waals surface area contributed by atoms with Crippen LogP contribution >= 0.6 is 0 Å². The van der Waals surface area contributed by atoms with Crippen LogP contribution in [0.4, 0.5) is 5.69 Å². The maximum absolute atomic E-state index is 12.9. The number of anilines is 1. The second kappa shape index (κ2) is 14.9. The highest BCUT2D eigenvalue weighted by Crippen LogP contribution is 2.35. The van der Waals surface area contributed by atoms with Crippen molar-refractivity contribution in [3.05, 3.63) is 53.6 Å². The van der Waals surface area contributed by atoms with Crippen molar-refractivity contribution >= 4 is 11.6 Å². The minimum Gasteiger partial charge on any atom is -0.497 e. The van der Waals surface area contributed by atoms with Gasteiger partial charge in [0.2, 0.25) is 5.91 Å². The smallest absolute Gasteiger partial charge is 0.248 e. The van der Waals surface area contributed by atoms with Gasteiger partial charge in [-0.25, -0.2) is 0 Å². The average Bonchev–Trinajstić information content (AvgIpc) is 3.03. The Morgan fingerprint density at radius 3 is 2.51 bits per heavy atom. The molecule has 2 fully saturated rings. The van der Waals surface area contributed by atoms with Crippen LogP contribution in [0.15, 0.2) is 42.5 Å². The first-order valence-electron chi connectivity index (χ1n) is 15.0. The molecule has 9 nitrogen and oxygen atoms in total. The van der Waals surface area contributed by atoms with Crippen molar-refractivity contribution in [2.24, 2.45) is 0 Å². The average molecular weight is 568 g/mol. The third-order valence-electron chi connectivity index (χ3n) is 8.35. The summed E-state index contributed by atoms with van der Waals surface area (Å²) in [6, 6.07) is 14.4. The molecule has 2 aromatic rings. The van der Waals surface area contributed by atoms with Crippen molar-refractivity contribution in [1.29, 1.82) is 0 Å². The Bertz CT molecular complexity index is 1110. The highest BCUT2D eigenvalue weighted by molar-refractivity contribution is 5.77. The lowest BCUT2D eigenvalue weighted by molar-refractivity contribution is -0.141. The number of nitrogens with one attached hydrogen (secondary N) is 1. The zero-order valence-corrected chi connectivity index (χ0v) is 24.5. The second-order valence-electron chi connectivity index (χ2n) is 11.1. The molecule has 224 valence electrons. The zero-order chi connectivity index (χ0) is 28.4. The predicted molar refractivity (Wildman–Crippen MR) is 158 cm³/mol. The molecule has 3 atom stereocenters. The number of carbonyl (C=O) groups is 1. The number of methoxy groups -OCH3 is 2. The number of hydrogen-bond acceptors (Lipinski definition) is 8. The molecule has 0 spiro atoms. The number of likely N-dealkylation sites (tertiary alicyclic amines) is 1. The van der Waals surface area contributed by atoms with Gasteiger partial charge in [-0.05, 0) is 61.1 Å². The van der Waals surface area contributed by atoms with Gasteiger partial charge in [0.15, 0.2) is 0 Å². The van der Waals surface area contributed by atoms with Crippen molar-refractivity contribution in [3.63, 3.8) is 0 Å². The fraction of sp³-hybridized carbons (Fsp3) is 0.594. The minimum atomic E-state index is -0.191. The van der Waals surface area contributed by atoms with Gasteiger partial charge < -0.3 is 38.8 Å². The number of fused-ring (bicyclic) bond motifs is 1. The molecule has 1 N–H and O–H groups in total. The van der Waals surface area contributed by atoms with Gasteiger partial charge in [0, 0.05) is 52.4 Å². The Labute approximate surface area is 244 Å². The van der Waals surface area contributed by atoms with Crippen LogP contribution in [-0.4, -0.2) is 96.3 Å². The van der Waals surface area contributed by atoms with Gasteiger partial charge in [-0.2, -0.15) is 0 Å². The van der Waals surface area contributed by atoms with E-state index in [0.29, 0.717) is 26.3 Å². The molecule has 0 bridgehead atoms. The summed E-state index contributed by atoms with van der Waals surface area (Å²) in [7, 11) is 3.41. The third kappa shape index (κ3) is 7.71. The molecule has 3 heterocycles. The summed E-state index contributed by atoms with van der Waals surface area (Å²) in [5.41, 5.74) is 3.33. The van der Waals surface area contributed by atoms with Crippen LogP contribution in [0.25, 0.3) is 0 Å². The highest BCUT2D eigenvalue weighted by atomic mass is 16.5. The molecule has 1 amide bonds. The number of nitrogens with zero attached hydrogens (tertiary/aromatic N) is 2. The maximum Gasteiger partial charge on any atom is 0.248 e. The SMILES string of the molecule is COCCCN1CCOc2ccc(CO[C@H]3CNC[C@@H](OCC(=O)N4CCCCC4)C3c3ccc(OC)cc3)cc21. The molecule has 1 unspecified atom stereocenters. The van der Waals surface area contributed by atoms with E-state index in [1.165, 1.54) is 6.42 Å². The summed E-state index contributed by atoms with van der Waals surface area (Å²) in [6.45, 7) is 6.80. The Hall–Kier alpha value is -2.85. The van der Waals surface area contributed by atoms with Crippen molar-refractivity contribution in [2.45, 2.75) is 50.4 Å². The standard InChI is InChI=1S/C32H45N3O6/c1-37-17-6-15-34-16-18-39-28-12-7-24(19-27(28)34)22-40-29-20-33-21-30(32(29)25-8-10-26(38-2)11-9-25)41-23-31(36)35-13-4-3-5-14-35/h7-12,19,29-30,32-33H,3-6,13-18,20-23H2,1-2H3/t29-,30+,32?/m0/s1. The van der Waals surface area contributed by atoms with Crippen molar-refractivity contribution in [2.75, 3.05) is 78.2 Å². The molecular formula is C32H45N3O6. The lowest BCUT2D eigenvalue weighted by atomic mass is 9.85. The van der Waals surface area contributed by atoms with Gasteiger partial charge in [-0.3, -0.25) is 4.79 Å². The van der Waals surface area contributed by atoms with Gasteiger partial charge in [0.05, 0.1) is 38.2 Å². The van der Waals surface area contributed by atoms with Crippen molar-refractivity contribution in [1.82, 2.24) is 10.2 Å².